The largest absolute Gasteiger partial charge is 0.405 e. The van der Waals surface area contributed by atoms with Crippen LogP contribution in [0.4, 0.5) is 14.5 Å². The molecular formula is C21H20F2NO5PS. The second-order valence-electron chi connectivity index (χ2n) is 6.37. The van der Waals surface area contributed by atoms with E-state index in [-0.39, 0.29) is 36.0 Å². The van der Waals surface area contributed by atoms with Gasteiger partial charge in [-0.15, -0.1) is 11.3 Å². The van der Waals surface area contributed by atoms with E-state index in [2.05, 4.69) is 5.32 Å². The summed E-state index contributed by atoms with van der Waals surface area (Å²) in [6.07, 6.45) is 0.267. The number of anilines is 1. The maximum absolute atomic E-state index is 15.3. The zero-order valence-corrected chi connectivity index (χ0v) is 18.5. The van der Waals surface area contributed by atoms with Crippen molar-refractivity contribution < 1.29 is 32.0 Å². The van der Waals surface area contributed by atoms with Gasteiger partial charge >= 0.3 is 13.3 Å². The monoisotopic (exact) mass is 467 g/mol. The van der Waals surface area contributed by atoms with Crippen LogP contribution >= 0.6 is 18.9 Å². The van der Waals surface area contributed by atoms with Gasteiger partial charge in [0.25, 0.3) is 5.91 Å². The summed E-state index contributed by atoms with van der Waals surface area (Å²) in [5.74, 6) is -0.459. The molecule has 1 heterocycles. The zero-order valence-electron chi connectivity index (χ0n) is 16.8. The first kappa shape index (κ1) is 23.2. The molecule has 0 aliphatic rings. The molecule has 0 saturated carbocycles. The van der Waals surface area contributed by atoms with Crippen molar-refractivity contribution in [3.8, 4) is 0 Å². The van der Waals surface area contributed by atoms with Crippen LogP contribution in [0.25, 0.3) is 10.1 Å². The van der Waals surface area contributed by atoms with Gasteiger partial charge in [0.05, 0.1) is 18.1 Å². The van der Waals surface area contributed by atoms with Crippen molar-refractivity contribution in [2.24, 2.45) is 0 Å². The quantitative estimate of drug-likeness (QED) is 0.296. The van der Waals surface area contributed by atoms with Gasteiger partial charge in [0.1, 0.15) is 0 Å². The Morgan fingerprint density at radius 2 is 1.77 bits per heavy atom. The second-order valence-corrected chi connectivity index (χ2v) is 9.49. The number of para-hydroxylation sites is 1. The fourth-order valence-electron chi connectivity index (χ4n) is 2.99. The minimum absolute atomic E-state index is 0.162. The minimum atomic E-state index is -4.88. The Morgan fingerprint density at radius 3 is 2.35 bits per heavy atom. The van der Waals surface area contributed by atoms with Gasteiger partial charge in [0.2, 0.25) is 0 Å². The van der Waals surface area contributed by atoms with E-state index in [4.69, 9.17) is 9.05 Å². The van der Waals surface area contributed by atoms with Crippen LogP contribution in [0.3, 0.4) is 0 Å². The van der Waals surface area contributed by atoms with E-state index in [0.29, 0.717) is 21.7 Å². The normalized spacial score (nSPS) is 12.1. The molecule has 3 aromatic rings. The fourth-order valence-corrected chi connectivity index (χ4v) is 5.93. The molecule has 0 unspecified atom stereocenters. The molecule has 0 radical (unpaired) electrons. The first-order valence-electron chi connectivity index (χ1n) is 9.43. The van der Waals surface area contributed by atoms with Crippen molar-refractivity contribution in [2.75, 3.05) is 18.5 Å². The number of nitrogens with one attached hydrogen (secondary N) is 1. The minimum Gasteiger partial charge on any atom is -0.322 e. The lowest BCUT2D eigenvalue weighted by atomic mass is 10.1. The second kappa shape index (κ2) is 9.36. The van der Waals surface area contributed by atoms with Gasteiger partial charge in [-0.25, -0.2) is 0 Å². The highest BCUT2D eigenvalue weighted by molar-refractivity contribution is 7.55. The summed E-state index contributed by atoms with van der Waals surface area (Å²) in [6.45, 7) is 2.34. The summed E-state index contributed by atoms with van der Waals surface area (Å²) in [5, 5.41) is 2.86. The van der Waals surface area contributed by atoms with Crippen LogP contribution in [0, 0.1) is 0 Å². The number of fused-ring (bicyclic) bond motifs is 1. The predicted molar refractivity (Wildman–Crippen MR) is 116 cm³/mol. The first-order chi connectivity index (χ1) is 14.8. The van der Waals surface area contributed by atoms with Crippen molar-refractivity contribution in [2.45, 2.75) is 19.5 Å². The van der Waals surface area contributed by atoms with E-state index in [1.807, 2.05) is 0 Å². The molecule has 0 atom stereocenters. The average Bonchev–Trinajstić information content (AvgIpc) is 3.13. The number of alkyl halides is 2. The van der Waals surface area contributed by atoms with Gasteiger partial charge in [0.15, 0.2) is 6.29 Å². The van der Waals surface area contributed by atoms with Crippen LogP contribution in [0.15, 0.2) is 48.5 Å². The van der Waals surface area contributed by atoms with Crippen molar-refractivity contribution >= 4 is 46.9 Å². The molecule has 0 aliphatic carbocycles. The van der Waals surface area contributed by atoms with Crippen molar-refractivity contribution in [3.63, 3.8) is 0 Å². The summed E-state index contributed by atoms with van der Waals surface area (Å²) >= 11 is 0.613. The number of carbonyl (C=O) groups excluding carboxylic acids is 2. The first-order valence-corrected chi connectivity index (χ1v) is 11.8. The Morgan fingerprint density at radius 1 is 1.13 bits per heavy atom. The number of thiophene rings is 1. The molecule has 1 amide bonds. The molecule has 0 saturated heterocycles. The standard InChI is InChI=1S/C21H20F2NO5PS/c1-3-28-30(27,29-4-2)21(22,23)19-17(13-25)16-12-14(10-11-18(16)31-19)20(26)24-15-8-6-5-7-9-15/h5-13H,3-4H2,1-2H3,(H,24,26). The zero-order chi connectivity index (χ0) is 22.6. The molecule has 164 valence electrons. The number of rotatable bonds is 9. The Hall–Kier alpha value is -2.45. The molecule has 6 nitrogen and oxygen atoms in total. The lowest BCUT2D eigenvalue weighted by Gasteiger charge is -2.25. The van der Waals surface area contributed by atoms with E-state index in [0.717, 1.165) is 0 Å². The molecule has 10 heteroatoms. The molecule has 1 aromatic heterocycles. The third-order valence-corrected chi connectivity index (χ3v) is 7.87. The van der Waals surface area contributed by atoms with E-state index >= 15 is 8.78 Å². The number of aldehydes is 1. The summed E-state index contributed by atoms with van der Waals surface area (Å²) < 4.78 is 53.3. The summed E-state index contributed by atoms with van der Waals surface area (Å²) in [4.78, 5) is 23.6. The number of halogens is 2. The van der Waals surface area contributed by atoms with Crippen molar-refractivity contribution in [1.29, 1.82) is 0 Å². The average molecular weight is 467 g/mol. The Bertz CT molecular complexity index is 1140. The van der Waals surface area contributed by atoms with Gasteiger partial charge in [-0.2, -0.15) is 8.78 Å². The summed E-state index contributed by atoms with van der Waals surface area (Å²) in [6, 6.07) is 13.0. The molecule has 1 N–H and O–H groups in total. The number of benzene rings is 2. The summed E-state index contributed by atoms with van der Waals surface area (Å²) in [7, 11) is -4.88. The highest BCUT2D eigenvalue weighted by Crippen LogP contribution is 2.68. The lowest BCUT2D eigenvalue weighted by molar-refractivity contribution is 0.0387. The fraction of sp³-hybridized carbons (Fsp3) is 0.238. The Labute approximate surface area is 181 Å². The van der Waals surface area contributed by atoms with Crippen LogP contribution in [-0.2, 0) is 19.3 Å². The maximum Gasteiger partial charge on any atom is 0.405 e. The summed E-state index contributed by atoms with van der Waals surface area (Å²) in [5.41, 5.74) is -3.63. The van der Waals surface area contributed by atoms with Crippen LogP contribution in [0.5, 0.6) is 0 Å². The lowest BCUT2D eigenvalue weighted by Crippen LogP contribution is -2.18. The maximum atomic E-state index is 15.3. The van der Waals surface area contributed by atoms with E-state index in [1.54, 1.807) is 30.3 Å². The third kappa shape index (κ3) is 4.45. The highest BCUT2D eigenvalue weighted by Gasteiger charge is 2.57. The number of hydrogen-bond acceptors (Lipinski definition) is 6. The van der Waals surface area contributed by atoms with Crippen LogP contribution < -0.4 is 5.32 Å². The topological polar surface area (TPSA) is 81.7 Å². The highest BCUT2D eigenvalue weighted by atomic mass is 32.1. The number of carbonyl (C=O) groups is 2. The van der Waals surface area contributed by atoms with E-state index in [9.17, 15) is 14.2 Å². The Kier molecular flexibility index (Phi) is 7.01. The smallest absolute Gasteiger partial charge is 0.322 e. The number of amides is 1. The van der Waals surface area contributed by atoms with Gasteiger partial charge in [-0.3, -0.25) is 14.2 Å². The van der Waals surface area contributed by atoms with Crippen LogP contribution in [0.2, 0.25) is 0 Å². The van der Waals surface area contributed by atoms with Gasteiger partial charge in [-0.1, -0.05) is 18.2 Å². The van der Waals surface area contributed by atoms with E-state index in [1.165, 1.54) is 32.0 Å². The molecule has 31 heavy (non-hydrogen) atoms. The molecule has 3 rings (SSSR count). The molecule has 2 aromatic carbocycles. The molecular weight excluding hydrogens is 447 g/mol. The van der Waals surface area contributed by atoms with Gasteiger partial charge in [0, 0.05) is 26.9 Å². The molecule has 0 aliphatic heterocycles. The van der Waals surface area contributed by atoms with E-state index < -0.39 is 24.0 Å². The number of hydrogen-bond donors (Lipinski definition) is 1. The SMILES string of the molecule is CCOP(=O)(OCC)C(F)(F)c1sc2ccc(C(=O)Nc3ccccc3)cc2c1C=O. The van der Waals surface area contributed by atoms with Gasteiger partial charge < -0.3 is 14.4 Å². The third-order valence-electron chi connectivity index (χ3n) is 4.35. The van der Waals surface area contributed by atoms with Crippen molar-refractivity contribution in [3.05, 3.63) is 64.5 Å². The molecule has 0 fully saturated rings. The molecule has 0 spiro atoms. The Balaban J connectivity index is 2.06. The van der Waals surface area contributed by atoms with Crippen LogP contribution in [-0.4, -0.2) is 25.4 Å². The predicted octanol–water partition coefficient (Wildman–Crippen LogP) is 6.28. The van der Waals surface area contributed by atoms with Gasteiger partial charge in [-0.05, 0) is 44.2 Å². The van der Waals surface area contributed by atoms with Crippen molar-refractivity contribution in [1.82, 2.24) is 0 Å². The molecule has 0 bridgehead atoms. The van der Waals surface area contributed by atoms with Crippen LogP contribution in [0.1, 0.15) is 39.4 Å².